The molecule has 0 spiro atoms. The van der Waals surface area contributed by atoms with Crippen molar-refractivity contribution in [2.24, 2.45) is 0 Å². The molecule has 0 heterocycles. The SMILES string of the molecule is C=C(C)C(=O)OCCC(O)COC(=O)c1c(I)cc(I)cc1I.C=C(C)C(=O)OCCC(O)COC(=O)c1cc(I)cc(I)c1I.C=C(C)C(=O)OCCC(O)COC(=O)c1ccc(I)cc1.C=C(C)C(=O)OCCC(O)COC(=O)c1ccc(I)cc1I. The molecule has 0 amide bonds. The second kappa shape index (κ2) is 46.2. The zero-order chi connectivity index (χ0) is 67.7. The number of aliphatic hydroxyl groups is 4. The Bertz CT molecular complexity index is 3110. The number of benzene rings is 4. The molecule has 4 N–H and O–H groups in total. The van der Waals surface area contributed by atoms with Crippen LogP contribution in [0.15, 0.2) is 115 Å². The molecule has 0 fully saturated rings. The smallest absolute Gasteiger partial charge is 0.340 e. The van der Waals surface area contributed by atoms with Gasteiger partial charge in [0.25, 0.3) is 0 Å². The molecule has 0 aliphatic heterocycles. The number of hydrogen-bond acceptors (Lipinski definition) is 20. The average molecular weight is 2250 g/mol. The van der Waals surface area contributed by atoms with E-state index in [1.54, 1.807) is 64.1 Å². The Morgan fingerprint density at radius 1 is 0.360 bits per heavy atom. The van der Waals surface area contributed by atoms with Gasteiger partial charge in [-0.2, -0.15) is 0 Å². The van der Waals surface area contributed by atoms with Gasteiger partial charge in [0.15, 0.2) is 0 Å². The van der Waals surface area contributed by atoms with E-state index in [0.29, 0.717) is 44.5 Å². The maximum atomic E-state index is 12.1. The van der Waals surface area contributed by atoms with Crippen molar-refractivity contribution in [3.05, 3.63) is 170 Å². The van der Waals surface area contributed by atoms with E-state index in [4.69, 9.17) is 37.9 Å². The van der Waals surface area contributed by atoms with E-state index >= 15 is 0 Å². The summed E-state index contributed by atoms with van der Waals surface area (Å²) in [5.74, 6) is -3.95. The lowest BCUT2D eigenvalue weighted by Gasteiger charge is -2.13. The topological polar surface area (TPSA) is 291 Å². The van der Waals surface area contributed by atoms with Crippen LogP contribution in [0, 0.1) is 32.1 Å². The monoisotopic (exact) mass is 2250 g/mol. The van der Waals surface area contributed by atoms with Crippen LogP contribution in [0.25, 0.3) is 0 Å². The fraction of sp³-hybridized carbons (Fsp3) is 0.333. The predicted octanol–water partition coefficient (Wildman–Crippen LogP) is 12.3. The van der Waals surface area contributed by atoms with Gasteiger partial charge in [-0.15, -0.1) is 0 Å². The number of ether oxygens (including phenoxy) is 8. The van der Waals surface area contributed by atoms with Gasteiger partial charge in [0.05, 0.1) is 73.1 Å². The number of aliphatic hydroxyl groups excluding tert-OH is 4. The second-order valence-electron chi connectivity index (χ2n) is 18.5. The van der Waals surface area contributed by atoms with Gasteiger partial charge in [0.1, 0.15) is 26.4 Å². The Morgan fingerprint density at radius 2 is 0.663 bits per heavy atom. The van der Waals surface area contributed by atoms with Crippen LogP contribution in [-0.2, 0) is 57.1 Å². The molecule has 4 atom stereocenters. The first-order valence-corrected chi connectivity index (χ1v) is 35.6. The van der Waals surface area contributed by atoms with Gasteiger partial charge in [-0.3, -0.25) is 0 Å². The van der Waals surface area contributed by atoms with Crippen LogP contribution in [-0.4, -0.2) is 145 Å². The van der Waals surface area contributed by atoms with E-state index in [2.05, 4.69) is 230 Å². The molecular weight excluding hydrogens is 2180 g/mol. The fourth-order valence-electron chi connectivity index (χ4n) is 5.66. The number of carbonyl (C=O) groups excluding carboxylic acids is 8. The molecule has 0 aliphatic carbocycles. The summed E-state index contributed by atoms with van der Waals surface area (Å²) in [5, 5.41) is 38.9. The summed E-state index contributed by atoms with van der Waals surface area (Å²) < 4.78 is 47.9. The summed E-state index contributed by atoms with van der Waals surface area (Å²) in [6, 6.07) is 19.7. The molecule has 0 aliphatic rings. The molecule has 4 aromatic rings. The Balaban J connectivity index is 0.000000594. The van der Waals surface area contributed by atoms with Gasteiger partial charge >= 0.3 is 47.8 Å². The predicted molar refractivity (Wildman–Crippen MR) is 407 cm³/mol. The normalized spacial score (nSPS) is 11.7. The lowest BCUT2D eigenvalue weighted by molar-refractivity contribution is -0.140. The van der Waals surface area contributed by atoms with Crippen molar-refractivity contribution in [1.82, 2.24) is 0 Å². The summed E-state index contributed by atoms with van der Waals surface area (Å²) in [5.41, 5.74) is 3.06. The van der Waals surface area contributed by atoms with Gasteiger partial charge in [0, 0.05) is 80.1 Å². The molecule has 20 nitrogen and oxygen atoms in total. The van der Waals surface area contributed by atoms with Crippen molar-refractivity contribution in [2.75, 3.05) is 52.9 Å². The maximum Gasteiger partial charge on any atom is 0.340 e. The molecule has 89 heavy (non-hydrogen) atoms. The Kier molecular flexibility index (Phi) is 44.1. The van der Waals surface area contributed by atoms with Gasteiger partial charge < -0.3 is 58.3 Å². The van der Waals surface area contributed by atoms with Gasteiger partial charge in [-0.25, -0.2) is 38.4 Å². The number of halogens is 9. The molecule has 0 saturated heterocycles. The van der Waals surface area contributed by atoms with E-state index in [1.165, 1.54) is 0 Å². The molecule has 4 aromatic carbocycles. The second-order valence-corrected chi connectivity index (χ2v) is 29.2. The van der Waals surface area contributed by atoms with Gasteiger partial charge in [-0.1, -0.05) is 26.3 Å². The van der Waals surface area contributed by atoms with Crippen LogP contribution in [0.3, 0.4) is 0 Å². The van der Waals surface area contributed by atoms with Crippen LogP contribution in [0.4, 0.5) is 0 Å². The van der Waals surface area contributed by atoms with E-state index in [-0.39, 0.29) is 78.5 Å². The van der Waals surface area contributed by atoms with Crippen molar-refractivity contribution in [3.63, 3.8) is 0 Å². The highest BCUT2D eigenvalue weighted by Crippen LogP contribution is 2.25. The number of carbonyl (C=O) groups is 8. The highest BCUT2D eigenvalue weighted by Gasteiger charge is 2.21. The van der Waals surface area contributed by atoms with E-state index in [9.17, 15) is 58.8 Å². The zero-order valence-corrected chi connectivity index (χ0v) is 67.6. The molecular formula is C60H63I9O20. The quantitative estimate of drug-likeness (QED) is 0.0135. The minimum absolute atomic E-state index is 0.0447. The summed E-state index contributed by atoms with van der Waals surface area (Å²) in [7, 11) is 0. The standard InChI is InChI=1S/2C15H15I3O5.C15H16I2O5.C15H17IO5/c1-8(2)14(20)22-4-3-10(19)7-23-15(21)13-11(17)5-9(16)6-12(13)18;1-8(2)14(20)22-4-3-10(19)7-23-15(21)11-5-9(16)6-12(17)13(11)18;1-9(2)14(19)21-6-5-11(18)8-22-15(20)12-4-3-10(16)7-13(12)17;1-10(2)14(18)20-8-7-13(17)9-21-15(19)11-3-5-12(16)6-4-11/h2*5-6,10,19H,1,3-4,7H2,2H3;3-4,7,11,18H,1,5-6,8H2,2H3;3-6,13,17H,1,7-9H2,2H3. The first-order valence-electron chi connectivity index (χ1n) is 25.9. The highest BCUT2D eigenvalue weighted by atomic mass is 127. The summed E-state index contributed by atoms with van der Waals surface area (Å²) in [4.78, 5) is 92.5. The Morgan fingerprint density at radius 3 is 1.02 bits per heavy atom. The first kappa shape index (κ1) is 85.0. The molecule has 29 heteroatoms. The lowest BCUT2D eigenvalue weighted by Crippen LogP contribution is -2.22. The van der Waals surface area contributed by atoms with Crippen LogP contribution in [0.1, 0.15) is 94.8 Å². The van der Waals surface area contributed by atoms with Crippen molar-refractivity contribution in [3.8, 4) is 0 Å². The molecule has 0 aromatic heterocycles. The molecule has 0 radical (unpaired) electrons. The van der Waals surface area contributed by atoms with Crippen LogP contribution < -0.4 is 0 Å². The molecule has 0 bridgehead atoms. The minimum atomic E-state index is -0.893. The molecule has 0 saturated carbocycles. The van der Waals surface area contributed by atoms with Crippen molar-refractivity contribution < 1.29 is 96.7 Å². The van der Waals surface area contributed by atoms with Crippen LogP contribution in [0.5, 0.6) is 0 Å². The Hall–Kier alpha value is -1.99. The van der Waals surface area contributed by atoms with Crippen LogP contribution >= 0.6 is 203 Å². The van der Waals surface area contributed by atoms with E-state index < -0.39 is 72.2 Å². The summed E-state index contributed by atoms with van der Waals surface area (Å²) in [6.45, 7) is 19.6. The zero-order valence-electron chi connectivity index (χ0n) is 48.2. The lowest BCUT2D eigenvalue weighted by atomic mass is 10.2. The number of rotatable bonds is 28. The Labute approximate surface area is 639 Å². The maximum absolute atomic E-state index is 12.1. The molecule has 486 valence electrons. The van der Waals surface area contributed by atoms with Crippen LogP contribution in [0.2, 0.25) is 0 Å². The van der Waals surface area contributed by atoms with Gasteiger partial charge in [0.2, 0.25) is 0 Å². The third-order valence-corrected chi connectivity index (χ3v) is 18.7. The summed E-state index contributed by atoms with van der Waals surface area (Å²) >= 11 is 19.1. The highest BCUT2D eigenvalue weighted by molar-refractivity contribution is 14.1. The minimum Gasteiger partial charge on any atom is -0.462 e. The third kappa shape index (κ3) is 36.5. The van der Waals surface area contributed by atoms with E-state index in [1.807, 2.05) is 30.3 Å². The van der Waals surface area contributed by atoms with E-state index in [0.717, 1.165) is 32.1 Å². The van der Waals surface area contributed by atoms with Crippen molar-refractivity contribution >= 4 is 251 Å². The number of esters is 8. The molecule has 4 unspecified atom stereocenters. The summed E-state index contributed by atoms with van der Waals surface area (Å²) in [6.07, 6.45) is -2.79. The van der Waals surface area contributed by atoms with Gasteiger partial charge in [-0.05, 0) is 298 Å². The average Bonchev–Trinajstić information content (AvgIpc) is 1.48. The first-order chi connectivity index (χ1) is 41.6. The van der Waals surface area contributed by atoms with Crippen molar-refractivity contribution in [2.45, 2.75) is 77.8 Å². The number of hydrogen-bond donors (Lipinski definition) is 4. The molecule has 4 rings (SSSR count). The van der Waals surface area contributed by atoms with Crippen molar-refractivity contribution in [1.29, 1.82) is 0 Å². The third-order valence-electron chi connectivity index (χ3n) is 10.4. The largest absolute Gasteiger partial charge is 0.462 e. The fourth-order valence-corrected chi connectivity index (χ4v) is 14.2.